The maximum absolute atomic E-state index is 12.2. The van der Waals surface area contributed by atoms with Crippen LogP contribution in [0.4, 0.5) is 0 Å². The summed E-state index contributed by atoms with van der Waals surface area (Å²) in [7, 11) is 0. The highest BCUT2D eigenvalue weighted by Gasteiger charge is 2.29. The van der Waals surface area contributed by atoms with E-state index < -0.39 is 26.0 Å². The largest absolute Gasteiger partial charge is 0.507 e. The molecule has 0 radical (unpaired) electrons. The zero-order valence-corrected chi connectivity index (χ0v) is 33.8. The lowest BCUT2D eigenvalue weighted by Gasteiger charge is -2.27. The molecular formula is C52H57N3O. The topological polar surface area (TPSA) is 50.9 Å². The summed E-state index contributed by atoms with van der Waals surface area (Å²) in [4.78, 5) is 10.2. The van der Waals surface area contributed by atoms with Gasteiger partial charge in [-0.1, -0.05) is 150 Å². The van der Waals surface area contributed by atoms with Gasteiger partial charge < -0.3 is 5.11 Å². The molecule has 5 aromatic carbocycles. The SMILES string of the molecule is [2H]C([2H])([2H])C(c1ccc(-c2ccnc(-c3cc(-c4cccc5c4nc(-c4cc(C(C)(C)C)cc(C(C)(C)C)c4O)n5-c4ccccc4)cc(C(C)(C)C)c3)c2)cc1)(C([2H])([2H])[2H])C([2H])([2H])[2H]. The summed E-state index contributed by atoms with van der Waals surface area (Å²) in [6, 6.07) is 36.2. The van der Waals surface area contributed by atoms with Crippen molar-refractivity contribution in [3.05, 3.63) is 144 Å². The zero-order valence-electron chi connectivity index (χ0n) is 42.8. The molecule has 1 N–H and O–H groups in total. The number of rotatable bonds is 5. The third kappa shape index (κ3) is 7.54. The van der Waals surface area contributed by atoms with Crippen LogP contribution in [0.25, 0.3) is 61.6 Å². The molecule has 0 atom stereocenters. The molecule has 0 aliphatic carbocycles. The third-order valence-corrected chi connectivity index (χ3v) is 10.5. The van der Waals surface area contributed by atoms with Crippen LogP contribution in [-0.4, -0.2) is 19.6 Å². The summed E-state index contributed by atoms with van der Waals surface area (Å²) in [5.74, 6) is 0.817. The Hall–Kier alpha value is -5.48. The molecule has 56 heavy (non-hydrogen) atoms. The maximum Gasteiger partial charge on any atom is 0.149 e. The average Bonchev–Trinajstić information content (AvgIpc) is 3.58. The van der Waals surface area contributed by atoms with Crippen LogP contribution in [-0.2, 0) is 21.7 Å². The van der Waals surface area contributed by atoms with Crippen LogP contribution >= 0.6 is 0 Å². The second-order valence-corrected chi connectivity index (χ2v) is 18.0. The lowest BCUT2D eigenvalue weighted by molar-refractivity contribution is 0.446. The van der Waals surface area contributed by atoms with Gasteiger partial charge in [-0.3, -0.25) is 9.55 Å². The maximum atomic E-state index is 12.2. The quantitative estimate of drug-likeness (QED) is 0.191. The minimum absolute atomic E-state index is 0.198. The monoisotopic (exact) mass is 749 g/mol. The van der Waals surface area contributed by atoms with Gasteiger partial charge in [-0.15, -0.1) is 0 Å². The molecule has 0 saturated carbocycles. The Bertz CT molecular complexity index is 2850. The van der Waals surface area contributed by atoms with Gasteiger partial charge in [0.1, 0.15) is 11.6 Å². The smallest absolute Gasteiger partial charge is 0.149 e. The van der Waals surface area contributed by atoms with E-state index in [9.17, 15) is 5.11 Å². The van der Waals surface area contributed by atoms with E-state index in [1.807, 2.05) is 42.5 Å². The van der Waals surface area contributed by atoms with Gasteiger partial charge in [-0.25, -0.2) is 4.98 Å². The molecule has 2 heterocycles. The standard InChI is InChI=1S/C52H57N3O/c1-49(2,3)37-23-21-33(22-24-37)34-25-26-53-44(30-34)36-27-35(28-38(29-36)50(4,5)6)41-19-16-20-45-46(41)54-48(55(45)40-17-14-13-15-18-40)42-31-39(51(7,8)9)32-43(47(42)56)52(10,11)12/h13-32,56H,1-12H3/i1D3,2D3,3D3. The van der Waals surface area contributed by atoms with Crippen molar-refractivity contribution in [2.45, 2.75) is 105 Å². The van der Waals surface area contributed by atoms with E-state index in [1.54, 1.807) is 24.4 Å². The molecule has 0 amide bonds. The lowest BCUT2D eigenvalue weighted by atomic mass is 9.79. The summed E-state index contributed by atoms with van der Waals surface area (Å²) in [6.07, 6.45) is 1.68. The second kappa shape index (κ2) is 13.9. The van der Waals surface area contributed by atoms with Crippen molar-refractivity contribution in [3.8, 4) is 56.3 Å². The van der Waals surface area contributed by atoms with Gasteiger partial charge in [0.05, 0.1) is 22.3 Å². The summed E-state index contributed by atoms with van der Waals surface area (Å²) >= 11 is 0. The molecular weight excluding hydrogens is 683 g/mol. The number of fused-ring (bicyclic) bond motifs is 1. The Morgan fingerprint density at radius 2 is 1.20 bits per heavy atom. The molecule has 7 rings (SSSR count). The van der Waals surface area contributed by atoms with Gasteiger partial charge in [0, 0.05) is 40.9 Å². The number of para-hydroxylation sites is 2. The van der Waals surface area contributed by atoms with E-state index in [-0.39, 0.29) is 27.6 Å². The number of aromatic nitrogens is 3. The van der Waals surface area contributed by atoms with E-state index in [2.05, 4.69) is 109 Å². The van der Waals surface area contributed by atoms with Crippen LogP contribution in [0.15, 0.2) is 121 Å². The lowest BCUT2D eigenvalue weighted by Crippen LogP contribution is -2.17. The molecule has 7 aromatic rings. The average molecular weight is 749 g/mol. The number of phenols is 1. The van der Waals surface area contributed by atoms with E-state index in [0.717, 1.165) is 50.1 Å². The first-order valence-electron chi connectivity index (χ1n) is 23.6. The number of hydrogen-bond acceptors (Lipinski definition) is 3. The number of benzene rings is 5. The molecule has 0 aliphatic heterocycles. The molecule has 4 heteroatoms. The van der Waals surface area contributed by atoms with Crippen molar-refractivity contribution >= 4 is 11.0 Å². The third-order valence-electron chi connectivity index (χ3n) is 10.5. The fraction of sp³-hybridized carbons (Fsp3) is 0.308. The van der Waals surface area contributed by atoms with Gasteiger partial charge >= 0.3 is 0 Å². The van der Waals surface area contributed by atoms with Crippen molar-refractivity contribution in [1.82, 2.24) is 14.5 Å². The molecule has 0 spiro atoms. The minimum atomic E-state index is -3.36. The van der Waals surface area contributed by atoms with Crippen LogP contribution in [0.3, 0.4) is 0 Å². The molecule has 2 aromatic heterocycles. The van der Waals surface area contributed by atoms with Crippen LogP contribution in [0.1, 0.15) is 117 Å². The highest BCUT2D eigenvalue weighted by molar-refractivity contribution is 5.97. The zero-order chi connectivity index (χ0) is 47.9. The molecule has 0 saturated heterocycles. The highest BCUT2D eigenvalue weighted by Crippen LogP contribution is 2.45. The molecule has 0 aliphatic rings. The highest BCUT2D eigenvalue weighted by atomic mass is 16.3. The van der Waals surface area contributed by atoms with E-state index in [0.29, 0.717) is 28.2 Å². The van der Waals surface area contributed by atoms with Crippen LogP contribution in [0.5, 0.6) is 5.75 Å². The predicted octanol–water partition coefficient (Wildman–Crippen LogP) is 14.0. The Morgan fingerprint density at radius 3 is 1.84 bits per heavy atom. The fourth-order valence-corrected chi connectivity index (χ4v) is 7.21. The fourth-order valence-electron chi connectivity index (χ4n) is 7.21. The summed E-state index contributed by atoms with van der Waals surface area (Å²) < 4.78 is 75.5. The van der Waals surface area contributed by atoms with Gasteiger partial charge in [0.25, 0.3) is 0 Å². The van der Waals surface area contributed by atoms with Crippen molar-refractivity contribution in [2.24, 2.45) is 0 Å². The van der Waals surface area contributed by atoms with E-state index >= 15 is 0 Å². The van der Waals surface area contributed by atoms with Crippen LogP contribution in [0.2, 0.25) is 0 Å². The van der Waals surface area contributed by atoms with E-state index in [4.69, 9.17) is 22.3 Å². The number of phenolic OH excluding ortho intramolecular Hbond substituents is 1. The number of aromatic hydroxyl groups is 1. The minimum Gasteiger partial charge on any atom is -0.507 e. The normalized spacial score (nSPS) is 15.8. The molecule has 4 nitrogen and oxygen atoms in total. The summed E-state index contributed by atoms with van der Waals surface area (Å²) in [5.41, 5.74) is 6.56. The Morgan fingerprint density at radius 1 is 0.536 bits per heavy atom. The van der Waals surface area contributed by atoms with Gasteiger partial charge in [0.15, 0.2) is 0 Å². The number of imidazole rings is 1. The Kier molecular flexibility index (Phi) is 7.17. The number of hydrogen-bond donors (Lipinski definition) is 1. The van der Waals surface area contributed by atoms with Crippen LogP contribution < -0.4 is 0 Å². The first kappa shape index (κ1) is 28.9. The van der Waals surface area contributed by atoms with Gasteiger partial charge in [0.2, 0.25) is 0 Å². The first-order valence-corrected chi connectivity index (χ1v) is 19.1. The molecule has 0 unspecified atom stereocenters. The molecule has 0 bridgehead atoms. The number of nitrogens with zero attached hydrogens (tertiary/aromatic N) is 3. The molecule has 286 valence electrons. The Labute approximate surface area is 347 Å². The van der Waals surface area contributed by atoms with Crippen molar-refractivity contribution in [2.75, 3.05) is 0 Å². The number of pyridine rings is 1. The van der Waals surface area contributed by atoms with Crippen molar-refractivity contribution in [3.63, 3.8) is 0 Å². The summed E-state index contributed by atoms with van der Waals surface area (Å²) in [5, 5.41) is 12.2. The Balaban J connectivity index is 1.42. The predicted molar refractivity (Wildman–Crippen MR) is 237 cm³/mol. The van der Waals surface area contributed by atoms with Gasteiger partial charge in [-0.05, 0) is 104 Å². The van der Waals surface area contributed by atoms with Crippen molar-refractivity contribution < 1.29 is 17.4 Å². The second-order valence-electron chi connectivity index (χ2n) is 18.0. The first-order chi connectivity index (χ1) is 29.9. The summed E-state index contributed by atoms with van der Waals surface area (Å²) in [6.45, 7) is 9.22. The van der Waals surface area contributed by atoms with Gasteiger partial charge in [-0.2, -0.15) is 0 Å². The van der Waals surface area contributed by atoms with Crippen LogP contribution in [0, 0.1) is 0 Å². The molecule has 0 fully saturated rings. The van der Waals surface area contributed by atoms with E-state index in [1.165, 1.54) is 12.1 Å². The van der Waals surface area contributed by atoms with Crippen molar-refractivity contribution in [1.29, 1.82) is 0 Å².